The standard InChI is InChI=1S/C44H32N2/c1-4-12-33(13-5-1)34-20-26-40(27-21-34)45(39-17-8-3-9-18-39)41-28-22-35(23-29-41)36-24-30-42(31-25-36)46-43-19-11-10-16-38(43)32-44(46)37-14-6-2-7-15-37/h1-32H. The summed E-state index contributed by atoms with van der Waals surface area (Å²) in [6.45, 7) is 0. The van der Waals surface area contributed by atoms with Gasteiger partial charge in [0, 0.05) is 28.1 Å². The van der Waals surface area contributed by atoms with Crippen LogP contribution in [0.2, 0.25) is 0 Å². The van der Waals surface area contributed by atoms with E-state index in [9.17, 15) is 0 Å². The Morgan fingerprint density at radius 1 is 0.326 bits per heavy atom. The monoisotopic (exact) mass is 588 g/mol. The summed E-state index contributed by atoms with van der Waals surface area (Å²) in [5, 5.41) is 1.23. The minimum atomic E-state index is 1.12. The third-order valence-electron chi connectivity index (χ3n) is 8.61. The minimum Gasteiger partial charge on any atom is -0.311 e. The minimum absolute atomic E-state index is 1.12. The van der Waals surface area contributed by atoms with E-state index in [-0.39, 0.29) is 0 Å². The topological polar surface area (TPSA) is 8.17 Å². The SMILES string of the molecule is c1ccc(-c2ccc(N(c3ccccc3)c3ccc(-c4ccc(-n5c(-c6ccccc6)cc6ccccc65)cc4)cc3)cc2)cc1. The van der Waals surface area contributed by atoms with Gasteiger partial charge in [-0.3, -0.25) is 0 Å². The summed E-state index contributed by atoms with van der Waals surface area (Å²) < 4.78 is 2.36. The van der Waals surface area contributed by atoms with Crippen molar-refractivity contribution < 1.29 is 0 Å². The molecule has 7 aromatic carbocycles. The number of hydrogen-bond donors (Lipinski definition) is 0. The first-order chi connectivity index (χ1) is 22.8. The average molecular weight is 589 g/mol. The molecule has 46 heavy (non-hydrogen) atoms. The predicted molar refractivity (Wildman–Crippen MR) is 194 cm³/mol. The molecule has 218 valence electrons. The molecule has 0 aliphatic rings. The van der Waals surface area contributed by atoms with E-state index in [1.807, 2.05) is 0 Å². The Balaban J connectivity index is 1.11. The van der Waals surface area contributed by atoms with Crippen molar-refractivity contribution in [3.63, 3.8) is 0 Å². The third kappa shape index (κ3) is 5.27. The van der Waals surface area contributed by atoms with E-state index in [2.05, 4.69) is 204 Å². The van der Waals surface area contributed by atoms with Crippen LogP contribution in [0.25, 0.3) is 50.1 Å². The zero-order valence-electron chi connectivity index (χ0n) is 25.4. The van der Waals surface area contributed by atoms with Gasteiger partial charge in [-0.25, -0.2) is 0 Å². The summed E-state index contributed by atoms with van der Waals surface area (Å²) in [5.74, 6) is 0. The van der Waals surface area contributed by atoms with Crippen LogP contribution >= 0.6 is 0 Å². The number of para-hydroxylation sites is 2. The first-order valence-electron chi connectivity index (χ1n) is 15.7. The number of nitrogens with zero attached hydrogens (tertiary/aromatic N) is 2. The third-order valence-corrected chi connectivity index (χ3v) is 8.61. The molecule has 8 aromatic rings. The number of anilines is 3. The summed E-state index contributed by atoms with van der Waals surface area (Å²) >= 11 is 0. The molecular formula is C44H32N2. The van der Waals surface area contributed by atoms with Gasteiger partial charge in [0.15, 0.2) is 0 Å². The number of rotatable bonds is 7. The molecule has 0 amide bonds. The molecule has 0 bridgehead atoms. The Morgan fingerprint density at radius 2 is 0.739 bits per heavy atom. The van der Waals surface area contributed by atoms with Crippen molar-refractivity contribution in [3.8, 4) is 39.2 Å². The molecule has 8 rings (SSSR count). The van der Waals surface area contributed by atoms with E-state index in [4.69, 9.17) is 0 Å². The lowest BCUT2D eigenvalue weighted by molar-refractivity contribution is 1.13. The maximum absolute atomic E-state index is 2.36. The number of aromatic nitrogens is 1. The van der Waals surface area contributed by atoms with Gasteiger partial charge in [-0.2, -0.15) is 0 Å². The molecule has 0 saturated heterocycles. The van der Waals surface area contributed by atoms with Crippen LogP contribution in [-0.2, 0) is 0 Å². The highest BCUT2D eigenvalue weighted by atomic mass is 15.1. The second kappa shape index (κ2) is 12.1. The highest BCUT2D eigenvalue weighted by molar-refractivity contribution is 5.89. The fraction of sp³-hybridized carbons (Fsp3) is 0. The quantitative estimate of drug-likeness (QED) is 0.180. The highest BCUT2D eigenvalue weighted by Gasteiger charge is 2.14. The Labute approximate surface area is 270 Å². The van der Waals surface area contributed by atoms with E-state index < -0.39 is 0 Å². The zero-order chi connectivity index (χ0) is 30.7. The van der Waals surface area contributed by atoms with Crippen LogP contribution in [0.4, 0.5) is 17.1 Å². The van der Waals surface area contributed by atoms with E-state index in [1.165, 1.54) is 44.4 Å². The summed E-state index contributed by atoms with van der Waals surface area (Å²) in [6.07, 6.45) is 0. The smallest absolute Gasteiger partial charge is 0.0540 e. The molecule has 0 aliphatic carbocycles. The highest BCUT2D eigenvalue weighted by Crippen LogP contribution is 2.37. The Kier molecular flexibility index (Phi) is 7.22. The van der Waals surface area contributed by atoms with E-state index >= 15 is 0 Å². The number of fused-ring (bicyclic) bond motifs is 1. The summed E-state index contributed by atoms with van der Waals surface area (Å²) in [4.78, 5) is 2.31. The van der Waals surface area contributed by atoms with Crippen LogP contribution < -0.4 is 4.90 Å². The first-order valence-corrected chi connectivity index (χ1v) is 15.7. The molecule has 1 heterocycles. The van der Waals surface area contributed by atoms with Crippen molar-refractivity contribution in [2.75, 3.05) is 4.90 Å². The summed E-state index contributed by atoms with van der Waals surface area (Å²) in [5.41, 5.74) is 12.9. The van der Waals surface area contributed by atoms with Gasteiger partial charge in [0.05, 0.1) is 11.2 Å². The van der Waals surface area contributed by atoms with E-state index in [0.29, 0.717) is 0 Å². The molecule has 2 nitrogen and oxygen atoms in total. The number of hydrogen-bond acceptors (Lipinski definition) is 1. The summed E-state index contributed by atoms with van der Waals surface area (Å²) in [7, 11) is 0. The molecule has 0 aliphatic heterocycles. The van der Waals surface area contributed by atoms with Crippen molar-refractivity contribution in [2.24, 2.45) is 0 Å². The molecule has 0 N–H and O–H groups in total. The van der Waals surface area contributed by atoms with Crippen LogP contribution in [0, 0.1) is 0 Å². The molecule has 0 saturated carbocycles. The molecule has 0 unspecified atom stereocenters. The molecule has 2 heteroatoms. The second-order valence-corrected chi connectivity index (χ2v) is 11.5. The van der Waals surface area contributed by atoms with E-state index in [1.54, 1.807) is 0 Å². The van der Waals surface area contributed by atoms with Crippen molar-refractivity contribution in [1.29, 1.82) is 0 Å². The fourth-order valence-electron chi connectivity index (χ4n) is 6.32. The Hall–Kier alpha value is -6.12. The van der Waals surface area contributed by atoms with Crippen LogP contribution in [-0.4, -0.2) is 4.57 Å². The lowest BCUT2D eigenvalue weighted by atomic mass is 10.0. The Bertz CT molecular complexity index is 2200. The molecule has 0 radical (unpaired) electrons. The maximum atomic E-state index is 2.36. The molecule has 0 fully saturated rings. The average Bonchev–Trinajstić information content (AvgIpc) is 3.53. The van der Waals surface area contributed by atoms with Gasteiger partial charge in [-0.1, -0.05) is 133 Å². The van der Waals surface area contributed by atoms with Gasteiger partial charge in [0.1, 0.15) is 0 Å². The van der Waals surface area contributed by atoms with Crippen molar-refractivity contribution in [2.45, 2.75) is 0 Å². The normalized spacial score (nSPS) is 11.0. The predicted octanol–water partition coefficient (Wildman–Crippen LogP) is 12.1. The second-order valence-electron chi connectivity index (χ2n) is 11.5. The van der Waals surface area contributed by atoms with Gasteiger partial charge in [-0.15, -0.1) is 0 Å². The first kappa shape index (κ1) is 27.4. The lowest BCUT2D eigenvalue weighted by Crippen LogP contribution is -2.09. The van der Waals surface area contributed by atoms with Crippen molar-refractivity contribution >= 4 is 28.0 Å². The molecule has 0 atom stereocenters. The molecule has 0 spiro atoms. The van der Waals surface area contributed by atoms with Crippen molar-refractivity contribution in [1.82, 2.24) is 4.57 Å². The van der Waals surface area contributed by atoms with Gasteiger partial charge >= 0.3 is 0 Å². The molecular weight excluding hydrogens is 556 g/mol. The largest absolute Gasteiger partial charge is 0.311 e. The van der Waals surface area contributed by atoms with Gasteiger partial charge in [0.25, 0.3) is 0 Å². The van der Waals surface area contributed by atoms with Crippen LogP contribution in [0.3, 0.4) is 0 Å². The summed E-state index contributed by atoms with van der Waals surface area (Å²) in [6, 6.07) is 69.2. The van der Waals surface area contributed by atoms with Crippen molar-refractivity contribution in [3.05, 3.63) is 194 Å². The van der Waals surface area contributed by atoms with Gasteiger partial charge in [0.2, 0.25) is 0 Å². The fourth-order valence-corrected chi connectivity index (χ4v) is 6.32. The van der Waals surface area contributed by atoms with Crippen LogP contribution in [0.1, 0.15) is 0 Å². The number of benzene rings is 7. The van der Waals surface area contributed by atoms with E-state index in [0.717, 1.165) is 22.7 Å². The Morgan fingerprint density at radius 3 is 1.30 bits per heavy atom. The molecule has 1 aromatic heterocycles. The van der Waals surface area contributed by atoms with Gasteiger partial charge < -0.3 is 9.47 Å². The lowest BCUT2D eigenvalue weighted by Gasteiger charge is -2.26. The zero-order valence-corrected chi connectivity index (χ0v) is 25.4. The maximum Gasteiger partial charge on any atom is 0.0540 e. The van der Waals surface area contributed by atoms with Crippen LogP contribution in [0.5, 0.6) is 0 Å². The van der Waals surface area contributed by atoms with Crippen LogP contribution in [0.15, 0.2) is 194 Å². The van der Waals surface area contributed by atoms with Gasteiger partial charge in [-0.05, 0) is 88.5 Å².